The molecule has 1 aromatic heterocycles. The number of nitrogens with one attached hydrogen (secondary N) is 2. The first-order valence-electron chi connectivity index (χ1n) is 5.73. The molecule has 1 unspecified atom stereocenters. The SMILES string of the molecule is CN(Cc1nn[nH]n1)C(=O)C(C)(NC(=O)C(F)(F)F)C(F)(F)F. The number of tetrazole rings is 1. The minimum absolute atomic E-state index is 0.131. The zero-order chi connectivity index (χ0) is 18.1. The molecule has 130 valence electrons. The Labute approximate surface area is 124 Å². The summed E-state index contributed by atoms with van der Waals surface area (Å²) in [4.78, 5) is 23.2. The summed E-state index contributed by atoms with van der Waals surface area (Å²) in [6.07, 6.45) is -11.1. The number of alkyl halides is 6. The first kappa shape index (κ1) is 18.6. The minimum atomic E-state index is -5.58. The maximum atomic E-state index is 13.1. The normalized spacial score (nSPS) is 15.0. The number of H-pyrrole nitrogens is 1. The summed E-state index contributed by atoms with van der Waals surface area (Å²) in [6, 6.07) is 0. The molecule has 2 N–H and O–H groups in total. The summed E-state index contributed by atoms with van der Waals surface area (Å²) in [7, 11) is 0.877. The predicted molar refractivity (Wildman–Crippen MR) is 59.3 cm³/mol. The number of carbonyl (C=O) groups excluding carboxylic acids is 2. The molecule has 0 aliphatic carbocycles. The van der Waals surface area contributed by atoms with Crippen molar-refractivity contribution in [3.63, 3.8) is 0 Å². The van der Waals surface area contributed by atoms with Crippen molar-refractivity contribution >= 4 is 11.8 Å². The molecule has 0 aromatic carbocycles. The molecule has 1 atom stereocenters. The van der Waals surface area contributed by atoms with Gasteiger partial charge in [0, 0.05) is 7.05 Å². The molecule has 23 heavy (non-hydrogen) atoms. The van der Waals surface area contributed by atoms with Crippen molar-refractivity contribution in [2.24, 2.45) is 0 Å². The number of rotatable bonds is 4. The van der Waals surface area contributed by atoms with Gasteiger partial charge >= 0.3 is 18.3 Å². The number of likely N-dealkylation sites (N-methyl/N-ethyl adjacent to an activating group) is 1. The second-order valence-corrected chi connectivity index (χ2v) is 4.56. The minimum Gasteiger partial charge on any atom is -0.336 e. The van der Waals surface area contributed by atoms with Crippen LogP contribution in [0, 0.1) is 0 Å². The van der Waals surface area contributed by atoms with E-state index < -0.39 is 36.3 Å². The Morgan fingerprint density at radius 2 is 1.78 bits per heavy atom. The van der Waals surface area contributed by atoms with E-state index >= 15 is 0 Å². The lowest BCUT2D eigenvalue weighted by molar-refractivity contribution is -0.211. The molecule has 1 rings (SSSR count). The van der Waals surface area contributed by atoms with E-state index in [9.17, 15) is 35.9 Å². The second kappa shape index (κ2) is 6.00. The second-order valence-electron chi connectivity index (χ2n) is 4.56. The average molecular weight is 348 g/mol. The lowest BCUT2D eigenvalue weighted by Crippen LogP contribution is -2.66. The molecule has 8 nitrogen and oxygen atoms in total. The van der Waals surface area contributed by atoms with Crippen molar-refractivity contribution in [1.82, 2.24) is 30.8 Å². The van der Waals surface area contributed by atoms with Crippen molar-refractivity contribution < 1.29 is 35.9 Å². The smallest absolute Gasteiger partial charge is 0.336 e. The Bertz CT molecular complexity index is 570. The van der Waals surface area contributed by atoms with Gasteiger partial charge in [0.25, 0.3) is 5.91 Å². The van der Waals surface area contributed by atoms with Crippen LogP contribution in [0.4, 0.5) is 26.3 Å². The fourth-order valence-corrected chi connectivity index (χ4v) is 1.46. The Hall–Kier alpha value is -2.41. The van der Waals surface area contributed by atoms with Crippen LogP contribution < -0.4 is 5.32 Å². The van der Waals surface area contributed by atoms with Gasteiger partial charge in [0.05, 0.1) is 6.54 Å². The van der Waals surface area contributed by atoms with Gasteiger partial charge in [-0.1, -0.05) is 5.21 Å². The molecule has 1 aromatic rings. The van der Waals surface area contributed by atoms with Crippen LogP contribution in [0.15, 0.2) is 0 Å². The zero-order valence-corrected chi connectivity index (χ0v) is 11.6. The molecule has 0 aliphatic heterocycles. The molecule has 14 heteroatoms. The van der Waals surface area contributed by atoms with E-state index in [1.165, 1.54) is 0 Å². The Kier molecular flexibility index (Phi) is 4.86. The molecule has 1 heterocycles. The van der Waals surface area contributed by atoms with Gasteiger partial charge < -0.3 is 10.2 Å². The maximum Gasteiger partial charge on any atom is 0.471 e. The lowest BCUT2D eigenvalue weighted by atomic mass is 9.99. The Morgan fingerprint density at radius 3 is 2.17 bits per heavy atom. The fourth-order valence-electron chi connectivity index (χ4n) is 1.46. The third-order valence-electron chi connectivity index (χ3n) is 2.73. The van der Waals surface area contributed by atoms with Gasteiger partial charge in [-0.2, -0.15) is 31.6 Å². The van der Waals surface area contributed by atoms with E-state index in [1.54, 1.807) is 0 Å². The van der Waals surface area contributed by atoms with Crippen LogP contribution in [0.5, 0.6) is 0 Å². The van der Waals surface area contributed by atoms with Crippen molar-refractivity contribution in [3.05, 3.63) is 5.82 Å². The van der Waals surface area contributed by atoms with Crippen LogP contribution in [0.25, 0.3) is 0 Å². The highest BCUT2D eigenvalue weighted by molar-refractivity contribution is 5.93. The van der Waals surface area contributed by atoms with E-state index in [1.807, 2.05) is 5.21 Å². The number of halogens is 6. The third-order valence-corrected chi connectivity index (χ3v) is 2.73. The summed E-state index contributed by atoms with van der Waals surface area (Å²) in [5.74, 6) is -4.89. The Balaban J connectivity index is 3.05. The summed E-state index contributed by atoms with van der Waals surface area (Å²) in [5.41, 5.74) is -3.78. The summed E-state index contributed by atoms with van der Waals surface area (Å²) in [6.45, 7) is -0.436. The van der Waals surface area contributed by atoms with E-state index in [4.69, 9.17) is 0 Å². The van der Waals surface area contributed by atoms with Crippen molar-refractivity contribution in [2.45, 2.75) is 31.4 Å². The number of nitrogens with zero attached hydrogens (tertiary/aromatic N) is 4. The highest BCUT2D eigenvalue weighted by Crippen LogP contribution is 2.33. The molecule has 2 amide bonds. The van der Waals surface area contributed by atoms with Gasteiger partial charge in [0.1, 0.15) is 0 Å². The standard InChI is InChI=1S/C9H10F6N6O2/c1-7(9(13,14)15,16-5(22)8(10,11)12)6(23)21(2)3-4-17-19-20-18-4/h3H2,1-2H3,(H,16,22)(H,17,18,19,20). The first-order chi connectivity index (χ1) is 10.3. The molecule has 0 fully saturated rings. The van der Waals surface area contributed by atoms with E-state index in [0.29, 0.717) is 10.2 Å². The van der Waals surface area contributed by atoms with Crippen LogP contribution in [0.3, 0.4) is 0 Å². The van der Waals surface area contributed by atoms with E-state index in [0.717, 1.165) is 7.05 Å². The van der Waals surface area contributed by atoms with Crippen LogP contribution in [0.1, 0.15) is 12.7 Å². The molecular weight excluding hydrogens is 338 g/mol. The molecule has 0 saturated heterocycles. The maximum absolute atomic E-state index is 13.1. The molecule has 0 aliphatic rings. The van der Waals surface area contributed by atoms with Gasteiger partial charge in [0.15, 0.2) is 5.82 Å². The quantitative estimate of drug-likeness (QED) is 0.755. The Morgan fingerprint density at radius 1 is 1.22 bits per heavy atom. The molecule has 0 spiro atoms. The largest absolute Gasteiger partial charge is 0.471 e. The van der Waals surface area contributed by atoms with Gasteiger partial charge in [0.2, 0.25) is 5.54 Å². The van der Waals surface area contributed by atoms with Crippen LogP contribution >= 0.6 is 0 Å². The van der Waals surface area contributed by atoms with Crippen molar-refractivity contribution in [1.29, 1.82) is 0 Å². The summed E-state index contributed by atoms with van der Waals surface area (Å²) in [5, 5.41) is 12.6. The fraction of sp³-hybridized carbons (Fsp3) is 0.667. The molecular formula is C9H10F6N6O2. The first-order valence-corrected chi connectivity index (χ1v) is 5.73. The highest BCUT2D eigenvalue weighted by Gasteiger charge is 2.61. The molecule has 0 bridgehead atoms. The summed E-state index contributed by atoms with van der Waals surface area (Å²) >= 11 is 0. The monoisotopic (exact) mass is 348 g/mol. The number of hydrogen-bond donors (Lipinski definition) is 2. The van der Waals surface area contributed by atoms with Crippen LogP contribution in [0.2, 0.25) is 0 Å². The highest BCUT2D eigenvalue weighted by atomic mass is 19.4. The van der Waals surface area contributed by atoms with Crippen LogP contribution in [-0.4, -0.2) is 62.3 Å². The number of aromatic nitrogens is 4. The molecule has 0 saturated carbocycles. The molecule has 0 radical (unpaired) electrons. The lowest BCUT2D eigenvalue weighted by Gasteiger charge is -2.34. The van der Waals surface area contributed by atoms with Crippen LogP contribution in [-0.2, 0) is 16.1 Å². The van der Waals surface area contributed by atoms with Gasteiger partial charge in [-0.05, 0) is 6.92 Å². The number of carbonyl (C=O) groups is 2. The topological polar surface area (TPSA) is 104 Å². The third kappa shape index (κ3) is 4.07. The van der Waals surface area contributed by atoms with Crippen molar-refractivity contribution in [3.8, 4) is 0 Å². The van der Waals surface area contributed by atoms with Crippen molar-refractivity contribution in [2.75, 3.05) is 7.05 Å². The predicted octanol–water partition coefficient (Wildman–Crippen LogP) is 0.158. The number of hydrogen-bond acceptors (Lipinski definition) is 5. The van der Waals surface area contributed by atoms with E-state index in [2.05, 4.69) is 15.4 Å². The van der Waals surface area contributed by atoms with Gasteiger partial charge in [-0.25, -0.2) is 0 Å². The average Bonchev–Trinajstić information content (AvgIpc) is 2.87. The number of amides is 2. The van der Waals surface area contributed by atoms with Gasteiger partial charge in [-0.15, -0.1) is 10.2 Å². The zero-order valence-electron chi connectivity index (χ0n) is 11.6. The van der Waals surface area contributed by atoms with E-state index in [-0.39, 0.29) is 12.7 Å². The van der Waals surface area contributed by atoms with Gasteiger partial charge in [-0.3, -0.25) is 9.59 Å². The summed E-state index contributed by atoms with van der Waals surface area (Å²) < 4.78 is 75.8. The number of aromatic amines is 1.